The van der Waals surface area contributed by atoms with Crippen molar-refractivity contribution in [2.75, 3.05) is 0 Å². The van der Waals surface area contributed by atoms with Crippen LogP contribution < -0.4 is 10.2 Å². The van der Waals surface area contributed by atoms with Crippen LogP contribution in [0.4, 0.5) is 0 Å². The average molecular weight is 325 g/mol. The molecule has 1 amide bonds. The summed E-state index contributed by atoms with van der Waals surface area (Å²) in [6, 6.07) is 9.86. The number of carbonyl (C=O) groups is 1. The molecule has 2 heterocycles. The van der Waals surface area contributed by atoms with Crippen molar-refractivity contribution in [3.05, 3.63) is 74.6 Å². The lowest BCUT2D eigenvalue weighted by atomic mass is 10.0. The highest BCUT2D eigenvalue weighted by Crippen LogP contribution is 2.19. The zero-order chi connectivity index (χ0) is 16.2. The van der Waals surface area contributed by atoms with Crippen LogP contribution in [0.2, 0.25) is 0 Å². The first kappa shape index (κ1) is 15.2. The van der Waals surface area contributed by atoms with Crippen molar-refractivity contribution in [1.29, 1.82) is 0 Å². The summed E-state index contributed by atoms with van der Waals surface area (Å²) < 4.78 is 0. The second-order valence-electron chi connectivity index (χ2n) is 5.18. The number of aromatic amines is 1. The van der Waals surface area contributed by atoms with Gasteiger partial charge in [0.2, 0.25) is 0 Å². The van der Waals surface area contributed by atoms with Gasteiger partial charge in [0.25, 0.3) is 5.91 Å². The number of carbonyl (C=O) groups excluding carboxylic acids is 1. The molecule has 0 atom stereocenters. The highest BCUT2D eigenvalue weighted by Gasteiger charge is 2.08. The summed E-state index contributed by atoms with van der Waals surface area (Å²) in [7, 11) is 0. The standard InChI is InChI=1S/C17H15N3O2S/c1-11-2-4-12(5-3-11)13-6-14(8-18-7-13)16(21)19-9-15-10-23-17(22)20-15/h2-8,10H,9H2,1H3,(H,19,21)(H,20,22). The molecule has 3 aromatic rings. The number of thiazole rings is 1. The molecule has 0 unspecified atom stereocenters. The number of pyridine rings is 1. The average Bonchev–Trinajstić information content (AvgIpc) is 2.99. The molecule has 1 aromatic carbocycles. The molecule has 3 rings (SSSR count). The summed E-state index contributed by atoms with van der Waals surface area (Å²) in [5.41, 5.74) is 4.26. The van der Waals surface area contributed by atoms with Crippen molar-refractivity contribution in [2.24, 2.45) is 0 Å². The molecule has 2 aromatic heterocycles. The number of benzene rings is 1. The molecule has 0 aliphatic carbocycles. The summed E-state index contributed by atoms with van der Waals surface area (Å²) >= 11 is 1.08. The van der Waals surface area contributed by atoms with E-state index in [0.717, 1.165) is 22.5 Å². The van der Waals surface area contributed by atoms with Gasteiger partial charge in [0, 0.05) is 29.0 Å². The summed E-state index contributed by atoms with van der Waals surface area (Å²) in [6.07, 6.45) is 3.27. The van der Waals surface area contributed by atoms with E-state index in [1.54, 1.807) is 11.6 Å². The lowest BCUT2D eigenvalue weighted by molar-refractivity contribution is 0.0950. The van der Waals surface area contributed by atoms with Crippen LogP contribution in [0.3, 0.4) is 0 Å². The van der Waals surface area contributed by atoms with Gasteiger partial charge in [-0.1, -0.05) is 41.2 Å². The van der Waals surface area contributed by atoms with Crippen molar-refractivity contribution in [1.82, 2.24) is 15.3 Å². The van der Waals surface area contributed by atoms with E-state index < -0.39 is 0 Å². The fourth-order valence-corrected chi connectivity index (χ4v) is 2.73. The molecule has 0 radical (unpaired) electrons. The van der Waals surface area contributed by atoms with Gasteiger partial charge in [-0.05, 0) is 18.6 Å². The number of amides is 1. The Morgan fingerprint density at radius 1 is 1.22 bits per heavy atom. The first-order valence-electron chi connectivity index (χ1n) is 7.09. The van der Waals surface area contributed by atoms with E-state index in [0.29, 0.717) is 11.3 Å². The summed E-state index contributed by atoms with van der Waals surface area (Å²) in [4.78, 5) is 30.0. The molecule has 23 heavy (non-hydrogen) atoms. The van der Waals surface area contributed by atoms with Gasteiger partial charge in [0.15, 0.2) is 0 Å². The van der Waals surface area contributed by atoms with Gasteiger partial charge in [-0.15, -0.1) is 0 Å². The van der Waals surface area contributed by atoms with Crippen LogP contribution >= 0.6 is 11.3 Å². The van der Waals surface area contributed by atoms with Crippen molar-refractivity contribution in [3.8, 4) is 11.1 Å². The highest BCUT2D eigenvalue weighted by atomic mass is 32.1. The Labute approximate surface area is 137 Å². The van der Waals surface area contributed by atoms with Gasteiger partial charge in [0.1, 0.15) is 0 Å². The molecule has 0 aliphatic heterocycles. The first-order valence-corrected chi connectivity index (χ1v) is 7.97. The number of rotatable bonds is 4. The number of hydrogen-bond acceptors (Lipinski definition) is 4. The number of hydrogen-bond donors (Lipinski definition) is 2. The maximum absolute atomic E-state index is 12.2. The van der Waals surface area contributed by atoms with E-state index in [4.69, 9.17) is 0 Å². The van der Waals surface area contributed by atoms with E-state index >= 15 is 0 Å². The topological polar surface area (TPSA) is 74.8 Å². The van der Waals surface area contributed by atoms with Gasteiger partial charge >= 0.3 is 4.87 Å². The second kappa shape index (κ2) is 6.58. The molecule has 2 N–H and O–H groups in total. The molecular formula is C17H15N3O2S. The Morgan fingerprint density at radius 3 is 2.70 bits per heavy atom. The predicted octanol–water partition coefficient (Wildman–Crippen LogP) is 2.74. The summed E-state index contributed by atoms with van der Waals surface area (Å²) in [6.45, 7) is 2.31. The minimum atomic E-state index is -0.224. The predicted molar refractivity (Wildman–Crippen MR) is 90.5 cm³/mol. The van der Waals surface area contributed by atoms with E-state index in [-0.39, 0.29) is 17.3 Å². The summed E-state index contributed by atoms with van der Waals surface area (Å²) in [5.74, 6) is -0.224. The molecular weight excluding hydrogens is 310 g/mol. The third-order valence-corrected chi connectivity index (χ3v) is 4.11. The van der Waals surface area contributed by atoms with Crippen LogP contribution in [0.15, 0.2) is 52.9 Å². The molecule has 6 heteroatoms. The van der Waals surface area contributed by atoms with Crippen molar-refractivity contribution < 1.29 is 4.79 Å². The maximum atomic E-state index is 12.2. The molecule has 116 valence electrons. The number of nitrogens with zero attached hydrogens (tertiary/aromatic N) is 1. The number of nitrogens with one attached hydrogen (secondary N) is 2. The zero-order valence-corrected chi connectivity index (χ0v) is 13.3. The normalized spacial score (nSPS) is 10.5. The van der Waals surface area contributed by atoms with Crippen LogP contribution in [0.1, 0.15) is 21.6 Å². The van der Waals surface area contributed by atoms with Crippen molar-refractivity contribution in [3.63, 3.8) is 0 Å². The Kier molecular flexibility index (Phi) is 4.34. The van der Waals surface area contributed by atoms with Crippen molar-refractivity contribution in [2.45, 2.75) is 13.5 Å². The monoisotopic (exact) mass is 325 g/mol. The Hall–Kier alpha value is -2.73. The minimum absolute atomic E-state index is 0.128. The lowest BCUT2D eigenvalue weighted by Gasteiger charge is -2.06. The van der Waals surface area contributed by atoms with Gasteiger partial charge in [-0.3, -0.25) is 14.6 Å². The molecule has 0 saturated heterocycles. The van der Waals surface area contributed by atoms with E-state index in [1.807, 2.05) is 37.3 Å². The van der Waals surface area contributed by atoms with Gasteiger partial charge in [-0.25, -0.2) is 0 Å². The summed E-state index contributed by atoms with van der Waals surface area (Å²) in [5, 5.41) is 4.47. The Balaban J connectivity index is 1.74. The largest absolute Gasteiger partial charge is 0.346 e. The first-order chi connectivity index (χ1) is 11.1. The van der Waals surface area contributed by atoms with Crippen LogP contribution in [0.5, 0.6) is 0 Å². The zero-order valence-electron chi connectivity index (χ0n) is 12.5. The fourth-order valence-electron chi connectivity index (χ4n) is 2.15. The molecule has 5 nitrogen and oxygen atoms in total. The molecule has 0 saturated carbocycles. The number of aryl methyl sites for hydroxylation is 1. The van der Waals surface area contributed by atoms with Gasteiger partial charge < -0.3 is 10.3 Å². The SMILES string of the molecule is Cc1ccc(-c2cncc(C(=O)NCc3csc(=O)[nH]3)c2)cc1. The molecule has 0 fully saturated rings. The number of H-pyrrole nitrogens is 1. The van der Waals surface area contributed by atoms with Crippen LogP contribution in [0, 0.1) is 6.92 Å². The fraction of sp³-hybridized carbons (Fsp3) is 0.118. The van der Waals surface area contributed by atoms with E-state index in [9.17, 15) is 9.59 Å². The Morgan fingerprint density at radius 2 is 2.00 bits per heavy atom. The third-order valence-electron chi connectivity index (χ3n) is 3.40. The Bertz CT molecular complexity index is 881. The smallest absolute Gasteiger partial charge is 0.304 e. The molecule has 0 aliphatic rings. The minimum Gasteiger partial charge on any atom is -0.346 e. The lowest BCUT2D eigenvalue weighted by Crippen LogP contribution is -2.23. The highest BCUT2D eigenvalue weighted by molar-refractivity contribution is 7.07. The number of aromatic nitrogens is 2. The van der Waals surface area contributed by atoms with Crippen molar-refractivity contribution >= 4 is 17.2 Å². The van der Waals surface area contributed by atoms with E-state index in [1.165, 1.54) is 11.8 Å². The van der Waals surface area contributed by atoms with Crippen LogP contribution in [-0.4, -0.2) is 15.9 Å². The van der Waals surface area contributed by atoms with Crippen LogP contribution in [-0.2, 0) is 6.54 Å². The quantitative estimate of drug-likeness (QED) is 0.774. The maximum Gasteiger partial charge on any atom is 0.304 e. The third kappa shape index (κ3) is 3.73. The molecule has 0 bridgehead atoms. The van der Waals surface area contributed by atoms with Gasteiger partial charge in [-0.2, -0.15) is 0 Å². The van der Waals surface area contributed by atoms with Gasteiger partial charge in [0.05, 0.1) is 12.1 Å². The second-order valence-corrected chi connectivity index (χ2v) is 6.03. The van der Waals surface area contributed by atoms with E-state index in [2.05, 4.69) is 15.3 Å². The molecule has 0 spiro atoms. The van der Waals surface area contributed by atoms with Crippen LogP contribution in [0.25, 0.3) is 11.1 Å².